The molecule has 0 aliphatic carbocycles. The lowest BCUT2D eigenvalue weighted by Gasteiger charge is -1.96. The Bertz CT molecular complexity index is 206. The molecule has 0 aliphatic rings. The molecule has 0 aromatic carbocycles. The first-order valence-electron chi connectivity index (χ1n) is 3.07. The van der Waals surface area contributed by atoms with E-state index in [2.05, 4.69) is 9.89 Å². The van der Waals surface area contributed by atoms with Crippen LogP contribution in [-0.2, 0) is 9.53 Å². The van der Waals surface area contributed by atoms with Crippen molar-refractivity contribution in [1.82, 2.24) is 0 Å². The van der Waals surface area contributed by atoms with Crippen LogP contribution in [0.1, 0.15) is 13.8 Å². The van der Waals surface area contributed by atoms with E-state index in [1.54, 1.807) is 13.8 Å². The lowest BCUT2D eigenvalue weighted by atomic mass is 10.2. The highest BCUT2D eigenvalue weighted by atomic mass is 16.5. The normalized spacial score (nSPS) is 13.0. The highest BCUT2D eigenvalue weighted by Crippen LogP contribution is 1.95. The van der Waals surface area contributed by atoms with Crippen LogP contribution in [0.3, 0.4) is 0 Å². The maximum atomic E-state index is 10.7. The Hall–Kier alpha value is -1.32. The summed E-state index contributed by atoms with van der Waals surface area (Å²) in [6, 6.07) is 0. The molecule has 0 radical (unpaired) electrons. The zero-order valence-electron chi connectivity index (χ0n) is 6.79. The molecule has 0 rings (SSSR count). The quantitative estimate of drug-likeness (QED) is 0.213. The van der Waals surface area contributed by atoms with Gasteiger partial charge in [-0.3, -0.25) is 0 Å². The van der Waals surface area contributed by atoms with Crippen molar-refractivity contribution < 1.29 is 14.7 Å². The maximum absolute atomic E-state index is 10.7. The lowest BCUT2D eigenvalue weighted by Crippen LogP contribution is -2.03. The first-order valence-corrected chi connectivity index (χ1v) is 3.07. The molecule has 0 spiro atoms. The van der Waals surface area contributed by atoms with E-state index < -0.39 is 5.97 Å². The SMILES string of the molecule is COC(=O)/C(C)=C/C(C)=N/O. The van der Waals surface area contributed by atoms with E-state index in [0.29, 0.717) is 11.3 Å². The predicted octanol–water partition coefficient (Wildman–Crippen LogP) is 0.956. The van der Waals surface area contributed by atoms with Gasteiger partial charge in [-0.1, -0.05) is 5.16 Å². The van der Waals surface area contributed by atoms with Crippen molar-refractivity contribution in [2.75, 3.05) is 7.11 Å². The van der Waals surface area contributed by atoms with Gasteiger partial charge in [0.05, 0.1) is 12.8 Å². The molecule has 0 saturated carbocycles. The summed E-state index contributed by atoms with van der Waals surface area (Å²) in [7, 11) is 1.30. The molecule has 0 atom stereocenters. The van der Waals surface area contributed by atoms with Crippen LogP contribution in [0.25, 0.3) is 0 Å². The average Bonchev–Trinajstić information content (AvgIpc) is 2.02. The van der Waals surface area contributed by atoms with Crippen LogP contribution in [0.15, 0.2) is 16.8 Å². The molecule has 62 valence electrons. The Kier molecular flexibility index (Phi) is 3.95. The van der Waals surface area contributed by atoms with Gasteiger partial charge in [-0.15, -0.1) is 0 Å². The van der Waals surface area contributed by atoms with E-state index in [4.69, 9.17) is 5.21 Å². The molecule has 1 N–H and O–H groups in total. The number of methoxy groups -OCH3 is 1. The van der Waals surface area contributed by atoms with Crippen molar-refractivity contribution >= 4 is 11.7 Å². The van der Waals surface area contributed by atoms with Crippen LogP contribution < -0.4 is 0 Å². The predicted molar refractivity (Wildman–Crippen MR) is 40.7 cm³/mol. The zero-order chi connectivity index (χ0) is 8.85. The second-order valence-corrected chi connectivity index (χ2v) is 2.06. The summed E-state index contributed by atoms with van der Waals surface area (Å²) < 4.78 is 4.41. The van der Waals surface area contributed by atoms with Crippen molar-refractivity contribution in [1.29, 1.82) is 0 Å². The smallest absolute Gasteiger partial charge is 0.333 e. The first-order chi connectivity index (χ1) is 5.11. The summed E-state index contributed by atoms with van der Waals surface area (Å²) in [5.41, 5.74) is 0.774. The summed E-state index contributed by atoms with van der Waals surface area (Å²) in [6.07, 6.45) is 1.44. The number of ether oxygens (including phenoxy) is 1. The Labute approximate surface area is 65.2 Å². The summed E-state index contributed by atoms with van der Waals surface area (Å²) in [5.74, 6) is -0.423. The van der Waals surface area contributed by atoms with Crippen molar-refractivity contribution in [2.45, 2.75) is 13.8 Å². The monoisotopic (exact) mass is 157 g/mol. The molecule has 0 aromatic heterocycles. The molecule has 11 heavy (non-hydrogen) atoms. The van der Waals surface area contributed by atoms with E-state index >= 15 is 0 Å². The molecule has 0 unspecified atom stereocenters. The number of allylic oxidation sites excluding steroid dienone is 1. The summed E-state index contributed by atoms with van der Waals surface area (Å²) in [5, 5.41) is 11.1. The molecule has 0 aliphatic heterocycles. The topological polar surface area (TPSA) is 58.9 Å². The minimum Gasteiger partial charge on any atom is -0.466 e. The van der Waals surface area contributed by atoms with Gasteiger partial charge in [-0.2, -0.15) is 0 Å². The van der Waals surface area contributed by atoms with Crippen molar-refractivity contribution in [3.05, 3.63) is 11.6 Å². The number of hydrogen-bond acceptors (Lipinski definition) is 4. The molecule has 0 saturated heterocycles. The fraction of sp³-hybridized carbons (Fsp3) is 0.429. The third-order valence-corrected chi connectivity index (χ3v) is 1.09. The number of nitrogens with zero attached hydrogens (tertiary/aromatic N) is 1. The van der Waals surface area contributed by atoms with Crippen LogP contribution in [0.5, 0.6) is 0 Å². The van der Waals surface area contributed by atoms with Gasteiger partial charge in [-0.05, 0) is 19.9 Å². The Morgan fingerprint density at radius 3 is 2.45 bits per heavy atom. The molecule has 0 fully saturated rings. The molecule has 0 bridgehead atoms. The van der Waals surface area contributed by atoms with Gasteiger partial charge in [0.15, 0.2) is 0 Å². The number of hydrogen-bond donors (Lipinski definition) is 1. The second-order valence-electron chi connectivity index (χ2n) is 2.06. The van der Waals surface area contributed by atoms with Crippen LogP contribution in [0, 0.1) is 0 Å². The largest absolute Gasteiger partial charge is 0.466 e. The van der Waals surface area contributed by atoms with Crippen molar-refractivity contribution in [2.24, 2.45) is 5.16 Å². The average molecular weight is 157 g/mol. The minimum atomic E-state index is -0.423. The number of carbonyl (C=O) groups excluding carboxylic acids is 1. The Morgan fingerprint density at radius 2 is 2.09 bits per heavy atom. The first kappa shape index (κ1) is 9.68. The Morgan fingerprint density at radius 1 is 1.55 bits per heavy atom. The van der Waals surface area contributed by atoms with E-state index in [9.17, 15) is 4.79 Å². The highest BCUT2D eigenvalue weighted by Gasteiger charge is 2.02. The second kappa shape index (κ2) is 4.49. The van der Waals surface area contributed by atoms with Gasteiger partial charge in [0.25, 0.3) is 0 Å². The minimum absolute atomic E-state index is 0.368. The molecule has 0 amide bonds. The van der Waals surface area contributed by atoms with Gasteiger partial charge < -0.3 is 9.94 Å². The number of carbonyl (C=O) groups is 1. The van der Waals surface area contributed by atoms with Gasteiger partial charge in [0.2, 0.25) is 0 Å². The number of rotatable bonds is 2. The lowest BCUT2D eigenvalue weighted by molar-refractivity contribution is -0.136. The van der Waals surface area contributed by atoms with Gasteiger partial charge >= 0.3 is 5.97 Å². The molecule has 4 heteroatoms. The fourth-order valence-corrected chi connectivity index (χ4v) is 0.562. The summed E-state index contributed by atoms with van der Waals surface area (Å²) in [4.78, 5) is 10.7. The standard InChI is InChI=1S/C7H11NO3/c1-5(7(9)11-3)4-6(2)8-10/h4,10H,1-3H3/b5-4+,8-6+. The fourth-order valence-electron chi connectivity index (χ4n) is 0.562. The zero-order valence-corrected chi connectivity index (χ0v) is 6.79. The molecular formula is C7H11NO3. The molecule has 4 nitrogen and oxygen atoms in total. The van der Waals surface area contributed by atoms with E-state index in [1.807, 2.05) is 0 Å². The van der Waals surface area contributed by atoms with Crippen LogP contribution in [0.2, 0.25) is 0 Å². The van der Waals surface area contributed by atoms with E-state index in [0.717, 1.165) is 0 Å². The van der Waals surface area contributed by atoms with Crippen molar-refractivity contribution in [3.8, 4) is 0 Å². The summed E-state index contributed by atoms with van der Waals surface area (Å²) in [6.45, 7) is 3.16. The number of oxime groups is 1. The molecule has 0 heterocycles. The third kappa shape index (κ3) is 3.40. The molecular weight excluding hydrogens is 146 g/mol. The van der Waals surface area contributed by atoms with Gasteiger partial charge in [0, 0.05) is 5.57 Å². The van der Waals surface area contributed by atoms with Crippen LogP contribution in [0.4, 0.5) is 0 Å². The molecule has 0 aromatic rings. The van der Waals surface area contributed by atoms with Gasteiger partial charge in [-0.25, -0.2) is 4.79 Å². The van der Waals surface area contributed by atoms with Crippen LogP contribution >= 0.6 is 0 Å². The van der Waals surface area contributed by atoms with Crippen LogP contribution in [-0.4, -0.2) is 24.0 Å². The summed E-state index contributed by atoms with van der Waals surface area (Å²) >= 11 is 0. The van der Waals surface area contributed by atoms with E-state index in [-0.39, 0.29) is 0 Å². The van der Waals surface area contributed by atoms with Crippen molar-refractivity contribution in [3.63, 3.8) is 0 Å². The third-order valence-electron chi connectivity index (χ3n) is 1.09. The van der Waals surface area contributed by atoms with E-state index in [1.165, 1.54) is 13.2 Å². The Balaban J connectivity index is 4.34. The highest BCUT2D eigenvalue weighted by molar-refractivity contribution is 6.00. The number of esters is 1. The van der Waals surface area contributed by atoms with Gasteiger partial charge in [0.1, 0.15) is 0 Å². The maximum Gasteiger partial charge on any atom is 0.333 e.